The monoisotopic (exact) mass is 458 g/mol. The number of thiol groups is 2. The minimum Gasteiger partial charge on any atom is -0.388 e. The van der Waals surface area contributed by atoms with Crippen LogP contribution in [-0.2, 0) is 0 Å². The van der Waals surface area contributed by atoms with E-state index in [0.29, 0.717) is 16.8 Å². The first kappa shape index (κ1) is 22.0. The van der Waals surface area contributed by atoms with Gasteiger partial charge in [-0.05, 0) is 71.3 Å². The van der Waals surface area contributed by atoms with Crippen LogP contribution >= 0.6 is 25.3 Å². The maximum Gasteiger partial charge on any atom is 0.255 e. The van der Waals surface area contributed by atoms with E-state index >= 15 is 0 Å². The van der Waals surface area contributed by atoms with Gasteiger partial charge in [-0.2, -0.15) is 0 Å². The van der Waals surface area contributed by atoms with Crippen molar-refractivity contribution in [2.45, 2.75) is 16.7 Å². The Kier molecular flexibility index (Phi) is 6.26. The number of hydrogen-bond acceptors (Lipinski definition) is 5. The SMILES string of the molecule is CNc1ccc(-c2ccc(NC(=O)c3ccc4cc(C(C)=O)ccc4c3)cc2S)c(S)c1. The first-order chi connectivity index (χ1) is 15.4. The van der Waals surface area contributed by atoms with Gasteiger partial charge >= 0.3 is 0 Å². The van der Waals surface area contributed by atoms with E-state index in [4.69, 9.17) is 0 Å². The summed E-state index contributed by atoms with van der Waals surface area (Å²) in [5, 5.41) is 7.85. The van der Waals surface area contributed by atoms with Crippen molar-refractivity contribution in [2.24, 2.45) is 0 Å². The van der Waals surface area contributed by atoms with Crippen molar-refractivity contribution < 1.29 is 9.59 Å². The second kappa shape index (κ2) is 9.10. The maximum atomic E-state index is 12.8. The van der Waals surface area contributed by atoms with Crippen LogP contribution in [0.25, 0.3) is 21.9 Å². The Hall–Kier alpha value is -3.22. The molecule has 0 spiro atoms. The van der Waals surface area contributed by atoms with E-state index in [9.17, 15) is 9.59 Å². The average molecular weight is 459 g/mol. The molecule has 160 valence electrons. The molecule has 4 rings (SSSR count). The highest BCUT2D eigenvalue weighted by Gasteiger charge is 2.11. The van der Waals surface area contributed by atoms with E-state index in [-0.39, 0.29) is 11.7 Å². The van der Waals surface area contributed by atoms with E-state index < -0.39 is 0 Å². The largest absolute Gasteiger partial charge is 0.388 e. The van der Waals surface area contributed by atoms with Gasteiger partial charge in [0, 0.05) is 39.3 Å². The van der Waals surface area contributed by atoms with E-state index in [2.05, 4.69) is 35.9 Å². The summed E-state index contributed by atoms with van der Waals surface area (Å²) in [7, 11) is 1.86. The lowest BCUT2D eigenvalue weighted by molar-refractivity contribution is 0.101. The number of Topliss-reactive ketones (excluding diaryl/α,β-unsaturated/α-hetero) is 1. The van der Waals surface area contributed by atoms with E-state index in [1.54, 1.807) is 19.1 Å². The molecular weight excluding hydrogens is 436 g/mol. The number of carbonyl (C=O) groups excluding carboxylic acids is 2. The lowest BCUT2D eigenvalue weighted by Crippen LogP contribution is -2.11. The minimum absolute atomic E-state index is 0.0164. The average Bonchev–Trinajstić information content (AvgIpc) is 2.78. The van der Waals surface area contributed by atoms with Crippen molar-refractivity contribution in [2.75, 3.05) is 17.7 Å². The molecule has 0 atom stereocenters. The molecule has 4 nitrogen and oxygen atoms in total. The number of rotatable bonds is 5. The molecule has 2 N–H and O–H groups in total. The quantitative estimate of drug-likeness (QED) is 0.202. The van der Waals surface area contributed by atoms with Gasteiger partial charge in [-0.15, -0.1) is 25.3 Å². The molecule has 0 radical (unpaired) electrons. The number of fused-ring (bicyclic) bond motifs is 1. The molecule has 0 unspecified atom stereocenters. The van der Waals surface area contributed by atoms with Crippen molar-refractivity contribution >= 4 is 59.1 Å². The third kappa shape index (κ3) is 4.52. The summed E-state index contributed by atoms with van der Waals surface area (Å²) in [6.45, 7) is 1.54. The van der Waals surface area contributed by atoms with E-state index in [1.165, 1.54) is 0 Å². The van der Waals surface area contributed by atoms with Crippen molar-refractivity contribution in [3.8, 4) is 11.1 Å². The molecule has 0 bridgehead atoms. The zero-order chi connectivity index (χ0) is 22.8. The van der Waals surface area contributed by atoms with Crippen LogP contribution in [-0.4, -0.2) is 18.7 Å². The summed E-state index contributed by atoms with van der Waals surface area (Å²) in [6, 6.07) is 22.4. The Morgan fingerprint density at radius 2 is 1.22 bits per heavy atom. The molecule has 0 heterocycles. The van der Waals surface area contributed by atoms with Crippen LogP contribution in [0.1, 0.15) is 27.6 Å². The topological polar surface area (TPSA) is 58.2 Å². The number of carbonyl (C=O) groups is 2. The molecule has 0 fully saturated rings. The number of hydrogen-bond donors (Lipinski definition) is 4. The van der Waals surface area contributed by atoms with Gasteiger partial charge in [-0.25, -0.2) is 0 Å². The van der Waals surface area contributed by atoms with Crippen LogP contribution in [0.15, 0.2) is 82.6 Å². The maximum absolute atomic E-state index is 12.8. The van der Waals surface area contributed by atoms with Gasteiger partial charge in [0.25, 0.3) is 5.91 Å². The van der Waals surface area contributed by atoms with Gasteiger partial charge in [0.15, 0.2) is 5.78 Å². The molecule has 32 heavy (non-hydrogen) atoms. The van der Waals surface area contributed by atoms with Gasteiger partial charge in [0.05, 0.1) is 0 Å². The van der Waals surface area contributed by atoms with Crippen LogP contribution in [0.2, 0.25) is 0 Å². The second-order valence-electron chi connectivity index (χ2n) is 7.50. The first-order valence-corrected chi connectivity index (χ1v) is 11.0. The minimum atomic E-state index is -0.212. The predicted molar refractivity (Wildman–Crippen MR) is 138 cm³/mol. The summed E-state index contributed by atoms with van der Waals surface area (Å²) in [5.74, 6) is -0.195. The molecule has 0 aliphatic carbocycles. The highest BCUT2D eigenvalue weighted by molar-refractivity contribution is 7.80. The number of nitrogens with one attached hydrogen (secondary N) is 2. The Morgan fingerprint density at radius 3 is 1.78 bits per heavy atom. The molecule has 0 saturated carbocycles. The van der Waals surface area contributed by atoms with Crippen LogP contribution in [0.5, 0.6) is 0 Å². The summed E-state index contributed by atoms with van der Waals surface area (Å²) in [4.78, 5) is 26.0. The van der Waals surface area contributed by atoms with Crippen molar-refractivity contribution in [3.63, 3.8) is 0 Å². The predicted octanol–water partition coefficient (Wildman–Crippen LogP) is 6.58. The normalized spacial score (nSPS) is 10.8. The van der Waals surface area contributed by atoms with Crippen LogP contribution in [0.4, 0.5) is 11.4 Å². The summed E-state index contributed by atoms with van der Waals surface area (Å²) >= 11 is 9.22. The summed E-state index contributed by atoms with van der Waals surface area (Å²) in [6.07, 6.45) is 0. The summed E-state index contributed by atoms with van der Waals surface area (Å²) in [5.41, 5.74) is 4.74. The molecular formula is C26H22N2O2S2. The van der Waals surface area contributed by atoms with Crippen molar-refractivity contribution in [1.29, 1.82) is 0 Å². The number of amides is 1. The molecule has 6 heteroatoms. The highest BCUT2D eigenvalue weighted by atomic mass is 32.1. The lowest BCUT2D eigenvalue weighted by Gasteiger charge is -2.13. The standard InChI is InChI=1S/C26H22N2O2S2/c1-15(29)16-3-4-18-12-19(6-5-17(18)11-16)26(30)28-21-8-10-23(25(32)14-21)22-9-7-20(27-2)13-24(22)31/h3-14,27,31-32H,1-2H3,(H,28,30). The molecule has 0 aromatic heterocycles. The molecule has 4 aromatic rings. The molecule has 4 aromatic carbocycles. The van der Waals surface area contributed by atoms with Crippen molar-refractivity contribution in [3.05, 3.63) is 83.9 Å². The van der Waals surface area contributed by atoms with Crippen LogP contribution < -0.4 is 10.6 Å². The number of benzene rings is 4. The van der Waals surface area contributed by atoms with Crippen LogP contribution in [0, 0.1) is 0 Å². The lowest BCUT2D eigenvalue weighted by atomic mass is 10.0. The molecule has 1 amide bonds. The van der Waals surface area contributed by atoms with E-state index in [0.717, 1.165) is 37.4 Å². The second-order valence-corrected chi connectivity index (χ2v) is 8.46. The van der Waals surface area contributed by atoms with Crippen LogP contribution in [0.3, 0.4) is 0 Å². The van der Waals surface area contributed by atoms with Gasteiger partial charge < -0.3 is 10.6 Å². The Labute approximate surface area is 197 Å². The zero-order valence-electron chi connectivity index (χ0n) is 17.6. The fourth-order valence-corrected chi connectivity index (χ4v) is 4.23. The van der Waals surface area contributed by atoms with Crippen molar-refractivity contribution in [1.82, 2.24) is 0 Å². The van der Waals surface area contributed by atoms with E-state index in [1.807, 2.05) is 67.7 Å². The Balaban J connectivity index is 1.56. The zero-order valence-corrected chi connectivity index (χ0v) is 19.4. The highest BCUT2D eigenvalue weighted by Crippen LogP contribution is 2.34. The van der Waals surface area contributed by atoms with Gasteiger partial charge in [0.1, 0.15) is 0 Å². The Morgan fingerprint density at radius 1 is 0.688 bits per heavy atom. The Bertz CT molecular complexity index is 1370. The fraction of sp³-hybridized carbons (Fsp3) is 0.0769. The third-order valence-electron chi connectivity index (χ3n) is 5.34. The molecule has 0 aliphatic rings. The smallest absolute Gasteiger partial charge is 0.255 e. The first-order valence-electron chi connectivity index (χ1n) is 10.1. The van der Waals surface area contributed by atoms with Gasteiger partial charge in [0.2, 0.25) is 0 Å². The molecule has 0 aliphatic heterocycles. The fourth-order valence-electron chi connectivity index (χ4n) is 3.56. The molecule has 0 saturated heterocycles. The number of anilines is 2. The van der Waals surface area contributed by atoms with Gasteiger partial charge in [-0.1, -0.05) is 30.3 Å². The van der Waals surface area contributed by atoms with Gasteiger partial charge in [-0.3, -0.25) is 9.59 Å². The third-order valence-corrected chi connectivity index (χ3v) is 6.08. The summed E-state index contributed by atoms with van der Waals surface area (Å²) < 4.78 is 0. The number of ketones is 1.